The number of nitrogens with one attached hydrogen (secondary N) is 1. The molecular formula is C9H7NO4S. The molecule has 1 aromatic rings. The van der Waals surface area contributed by atoms with Gasteiger partial charge in [0.25, 0.3) is 0 Å². The van der Waals surface area contributed by atoms with E-state index in [4.69, 9.17) is 9.47 Å². The van der Waals surface area contributed by atoms with Crippen molar-refractivity contribution in [1.29, 1.82) is 0 Å². The Morgan fingerprint density at radius 3 is 2.67 bits per heavy atom. The van der Waals surface area contributed by atoms with Gasteiger partial charge in [-0.3, -0.25) is 9.59 Å². The number of thioether (sulfide) groups is 1. The van der Waals surface area contributed by atoms with Crippen molar-refractivity contribution in [3.63, 3.8) is 0 Å². The van der Waals surface area contributed by atoms with E-state index in [-0.39, 0.29) is 6.79 Å². The first-order valence-corrected chi connectivity index (χ1v) is 4.97. The van der Waals surface area contributed by atoms with Gasteiger partial charge in [0.1, 0.15) is 0 Å². The first kappa shape index (κ1) is 9.85. The van der Waals surface area contributed by atoms with E-state index in [1.54, 1.807) is 12.1 Å². The van der Waals surface area contributed by atoms with Crippen molar-refractivity contribution in [2.45, 2.75) is 4.90 Å². The molecule has 2 rings (SSSR count). The predicted molar refractivity (Wildman–Crippen MR) is 54.9 cm³/mol. The van der Waals surface area contributed by atoms with Gasteiger partial charge in [-0.15, -0.1) is 0 Å². The quantitative estimate of drug-likeness (QED) is 0.617. The van der Waals surface area contributed by atoms with Gasteiger partial charge in [-0.05, 0) is 0 Å². The van der Waals surface area contributed by atoms with Gasteiger partial charge >= 0.3 is 0 Å². The standard InChI is InChI=1S/C9H7NO4S/c11-3-10-6-1-7-8(14-5-13-7)2-9(6)15-4-12/h1-4H,5H2,(H,10,11). The lowest BCUT2D eigenvalue weighted by Gasteiger charge is -2.06. The van der Waals surface area contributed by atoms with E-state index < -0.39 is 0 Å². The fourth-order valence-corrected chi connectivity index (χ4v) is 1.77. The minimum absolute atomic E-state index is 0.158. The molecule has 0 unspecified atom stereocenters. The Hall–Kier alpha value is -1.69. The van der Waals surface area contributed by atoms with Crippen molar-refractivity contribution >= 4 is 29.5 Å². The molecule has 1 aliphatic heterocycles. The Balaban J connectivity index is 2.41. The second-order valence-electron chi connectivity index (χ2n) is 2.68. The molecule has 0 saturated carbocycles. The third-order valence-corrected chi connectivity index (χ3v) is 2.55. The fourth-order valence-electron chi connectivity index (χ4n) is 1.25. The van der Waals surface area contributed by atoms with Crippen LogP contribution in [0.4, 0.5) is 5.69 Å². The summed E-state index contributed by atoms with van der Waals surface area (Å²) in [4.78, 5) is 21.4. The molecule has 1 aromatic carbocycles. The summed E-state index contributed by atoms with van der Waals surface area (Å²) in [5, 5.41) is 2.49. The van der Waals surface area contributed by atoms with Crippen LogP contribution in [0.3, 0.4) is 0 Å². The molecule has 1 heterocycles. The summed E-state index contributed by atoms with van der Waals surface area (Å²) in [5.74, 6) is 1.14. The lowest BCUT2D eigenvalue weighted by molar-refractivity contribution is -0.105. The number of hydrogen-bond acceptors (Lipinski definition) is 5. The molecule has 0 bridgehead atoms. The summed E-state index contributed by atoms with van der Waals surface area (Å²) in [6, 6.07) is 3.29. The largest absolute Gasteiger partial charge is 0.454 e. The zero-order valence-electron chi connectivity index (χ0n) is 7.56. The summed E-state index contributed by atoms with van der Waals surface area (Å²) in [5.41, 5.74) is 1.22. The molecule has 0 radical (unpaired) electrons. The number of ether oxygens (including phenoxy) is 2. The van der Waals surface area contributed by atoms with E-state index in [2.05, 4.69) is 5.32 Å². The van der Waals surface area contributed by atoms with E-state index in [9.17, 15) is 9.59 Å². The molecule has 0 atom stereocenters. The molecule has 0 spiro atoms. The van der Waals surface area contributed by atoms with Gasteiger partial charge in [0.2, 0.25) is 13.2 Å². The number of anilines is 1. The van der Waals surface area contributed by atoms with Crippen molar-refractivity contribution in [2.24, 2.45) is 0 Å². The van der Waals surface area contributed by atoms with Crippen molar-refractivity contribution in [1.82, 2.24) is 0 Å². The topological polar surface area (TPSA) is 64.6 Å². The summed E-state index contributed by atoms with van der Waals surface area (Å²) < 4.78 is 10.3. The number of hydrogen-bond donors (Lipinski definition) is 1. The van der Waals surface area contributed by atoms with E-state index in [1.807, 2.05) is 0 Å². The Bertz CT molecular complexity index is 370. The maximum atomic E-state index is 10.4. The van der Waals surface area contributed by atoms with Crippen LogP contribution in [0.25, 0.3) is 0 Å². The number of amides is 1. The molecule has 5 nitrogen and oxygen atoms in total. The maximum absolute atomic E-state index is 10.4. The lowest BCUT2D eigenvalue weighted by atomic mass is 10.3. The minimum Gasteiger partial charge on any atom is -0.454 e. The molecule has 1 N–H and O–H groups in total. The van der Waals surface area contributed by atoms with Crippen LogP contribution in [0.5, 0.6) is 11.5 Å². The first-order chi connectivity index (χ1) is 7.35. The van der Waals surface area contributed by atoms with Gasteiger partial charge in [-0.2, -0.15) is 0 Å². The normalized spacial score (nSPS) is 12.3. The van der Waals surface area contributed by atoms with Crippen LogP contribution in [0.1, 0.15) is 0 Å². The Kier molecular flexibility index (Phi) is 2.77. The highest BCUT2D eigenvalue weighted by Crippen LogP contribution is 2.40. The molecule has 1 amide bonds. The molecular weight excluding hydrogens is 218 g/mol. The van der Waals surface area contributed by atoms with Crippen LogP contribution in [0.2, 0.25) is 0 Å². The van der Waals surface area contributed by atoms with Crippen LogP contribution in [0, 0.1) is 0 Å². The van der Waals surface area contributed by atoms with Gasteiger partial charge in [0.15, 0.2) is 17.1 Å². The predicted octanol–water partition coefficient (Wildman–Crippen LogP) is 1.27. The second-order valence-corrected chi connectivity index (χ2v) is 3.55. The SMILES string of the molecule is O=CNc1cc2c(cc1SC=O)OCO2. The van der Waals surface area contributed by atoms with Crippen molar-refractivity contribution < 1.29 is 19.1 Å². The van der Waals surface area contributed by atoms with Crippen molar-refractivity contribution in [3.8, 4) is 11.5 Å². The molecule has 1 aliphatic rings. The number of rotatable bonds is 4. The zero-order chi connectivity index (χ0) is 10.7. The molecule has 0 aliphatic carbocycles. The summed E-state index contributed by atoms with van der Waals surface area (Å²) in [7, 11) is 0. The highest BCUT2D eigenvalue weighted by Gasteiger charge is 2.17. The van der Waals surface area contributed by atoms with Gasteiger partial charge in [-0.1, -0.05) is 11.8 Å². The van der Waals surface area contributed by atoms with Gasteiger partial charge in [0, 0.05) is 17.0 Å². The average molecular weight is 225 g/mol. The van der Waals surface area contributed by atoms with Crippen LogP contribution in [-0.2, 0) is 9.59 Å². The van der Waals surface area contributed by atoms with Gasteiger partial charge < -0.3 is 14.8 Å². The van der Waals surface area contributed by atoms with E-state index in [0.29, 0.717) is 34.1 Å². The number of fused-ring (bicyclic) bond motifs is 1. The van der Waals surface area contributed by atoms with Crippen LogP contribution in [-0.4, -0.2) is 18.8 Å². The van der Waals surface area contributed by atoms with Crippen LogP contribution in [0.15, 0.2) is 17.0 Å². The maximum Gasteiger partial charge on any atom is 0.231 e. The lowest BCUT2D eigenvalue weighted by Crippen LogP contribution is -1.95. The first-order valence-electron chi connectivity index (χ1n) is 4.09. The Morgan fingerprint density at radius 1 is 1.27 bits per heavy atom. The minimum atomic E-state index is 0.158. The Labute approximate surface area is 89.7 Å². The van der Waals surface area contributed by atoms with E-state index in [1.165, 1.54) is 0 Å². The van der Waals surface area contributed by atoms with Gasteiger partial charge in [0.05, 0.1) is 5.69 Å². The molecule has 78 valence electrons. The summed E-state index contributed by atoms with van der Waals surface area (Å²) in [6.45, 7) is 0.158. The molecule has 0 fully saturated rings. The second kappa shape index (κ2) is 4.22. The highest BCUT2D eigenvalue weighted by molar-refractivity contribution is 8.12. The monoisotopic (exact) mass is 225 g/mol. The highest BCUT2D eigenvalue weighted by atomic mass is 32.2. The fraction of sp³-hybridized carbons (Fsp3) is 0.111. The molecule has 0 aromatic heterocycles. The molecule has 6 heteroatoms. The number of benzene rings is 1. The molecule has 0 saturated heterocycles. The summed E-state index contributed by atoms with van der Waals surface area (Å²) in [6.07, 6.45) is 0.548. The summed E-state index contributed by atoms with van der Waals surface area (Å²) >= 11 is 0.970. The van der Waals surface area contributed by atoms with Gasteiger partial charge in [-0.25, -0.2) is 0 Å². The Morgan fingerprint density at radius 2 is 2.00 bits per heavy atom. The third kappa shape index (κ3) is 1.89. The van der Waals surface area contributed by atoms with Crippen LogP contribution >= 0.6 is 11.8 Å². The van der Waals surface area contributed by atoms with E-state index >= 15 is 0 Å². The van der Waals surface area contributed by atoms with E-state index in [0.717, 1.165) is 11.8 Å². The van der Waals surface area contributed by atoms with Crippen molar-refractivity contribution in [2.75, 3.05) is 12.1 Å². The third-order valence-electron chi connectivity index (χ3n) is 1.86. The average Bonchev–Trinajstić information content (AvgIpc) is 2.66. The number of carbonyl (C=O) groups is 2. The molecule has 15 heavy (non-hydrogen) atoms. The smallest absolute Gasteiger partial charge is 0.231 e. The van der Waals surface area contributed by atoms with Crippen molar-refractivity contribution in [3.05, 3.63) is 12.1 Å². The number of carbonyl (C=O) groups excluding carboxylic acids is 2. The zero-order valence-corrected chi connectivity index (χ0v) is 8.37. The van der Waals surface area contributed by atoms with Crippen LogP contribution < -0.4 is 14.8 Å².